The van der Waals surface area contributed by atoms with E-state index in [4.69, 9.17) is 0 Å². The number of hydrogen-bond acceptors (Lipinski definition) is 2. The predicted octanol–water partition coefficient (Wildman–Crippen LogP) is 3.79. The van der Waals surface area contributed by atoms with Crippen molar-refractivity contribution in [1.29, 1.82) is 0 Å². The lowest BCUT2D eigenvalue weighted by Crippen LogP contribution is -2.39. The van der Waals surface area contributed by atoms with Crippen molar-refractivity contribution in [2.75, 3.05) is 0 Å². The normalized spacial score (nSPS) is 31.0. The van der Waals surface area contributed by atoms with Crippen LogP contribution in [0.15, 0.2) is 29.2 Å². The zero-order valence-corrected chi connectivity index (χ0v) is 11.8. The first-order valence-corrected chi connectivity index (χ1v) is 7.17. The van der Waals surface area contributed by atoms with E-state index in [2.05, 4.69) is 48.3 Å². The highest BCUT2D eigenvalue weighted by Gasteiger charge is 2.33. The molecule has 3 heteroatoms. The molecule has 94 valence electrons. The number of benzene rings is 1. The van der Waals surface area contributed by atoms with Gasteiger partial charge < -0.3 is 5.32 Å². The van der Waals surface area contributed by atoms with Crippen LogP contribution in [0.3, 0.4) is 0 Å². The highest BCUT2D eigenvalue weighted by atomic mass is 35.5. The molecule has 0 aliphatic carbocycles. The molecule has 0 aromatic heterocycles. The molecule has 0 spiro atoms. The minimum Gasteiger partial charge on any atom is -0.311 e. The highest BCUT2D eigenvalue weighted by Crippen LogP contribution is 2.36. The summed E-state index contributed by atoms with van der Waals surface area (Å²) in [5.74, 6) is 0. The summed E-state index contributed by atoms with van der Waals surface area (Å²) in [5, 5.41) is 4.54. The first-order chi connectivity index (χ1) is 7.79. The van der Waals surface area contributed by atoms with Crippen LogP contribution in [0.1, 0.15) is 31.2 Å². The Labute approximate surface area is 114 Å². The second-order valence-corrected chi connectivity index (χ2v) is 6.54. The van der Waals surface area contributed by atoms with E-state index in [9.17, 15) is 0 Å². The molecule has 2 unspecified atom stereocenters. The zero-order valence-electron chi connectivity index (χ0n) is 10.2. The molecule has 2 heterocycles. The van der Waals surface area contributed by atoms with E-state index in [-0.39, 0.29) is 12.4 Å². The van der Waals surface area contributed by atoms with Crippen molar-refractivity contribution < 1.29 is 0 Å². The Balaban J connectivity index is 0.00000108. The molecule has 0 saturated carbocycles. The Morgan fingerprint density at radius 2 is 1.65 bits per heavy atom. The fourth-order valence-corrected chi connectivity index (χ4v) is 4.25. The molecule has 2 aliphatic rings. The van der Waals surface area contributed by atoms with E-state index >= 15 is 0 Å². The monoisotopic (exact) mass is 269 g/mol. The number of thioether (sulfide) groups is 1. The van der Waals surface area contributed by atoms with E-state index < -0.39 is 0 Å². The van der Waals surface area contributed by atoms with Gasteiger partial charge in [0.15, 0.2) is 0 Å². The SMILES string of the molecule is Cc1ccc(SC2CC3CCC(C2)N3)cc1.Cl. The summed E-state index contributed by atoms with van der Waals surface area (Å²) in [4.78, 5) is 1.44. The number of piperidine rings is 1. The Morgan fingerprint density at radius 3 is 2.24 bits per heavy atom. The van der Waals surface area contributed by atoms with Crippen LogP contribution in [0, 0.1) is 6.92 Å². The van der Waals surface area contributed by atoms with Gasteiger partial charge in [-0.2, -0.15) is 0 Å². The Kier molecular flexibility index (Phi) is 4.40. The lowest BCUT2D eigenvalue weighted by atomic mass is 10.1. The van der Waals surface area contributed by atoms with E-state index in [0.717, 1.165) is 17.3 Å². The standard InChI is InChI=1S/C14H19NS.ClH/c1-10-2-6-13(7-3-10)16-14-8-11-4-5-12(9-14)15-11;/h2-3,6-7,11-12,14-15H,4-5,8-9H2,1H3;1H. The molecule has 1 aromatic rings. The number of rotatable bonds is 2. The van der Waals surface area contributed by atoms with Gasteiger partial charge in [0.1, 0.15) is 0 Å². The van der Waals surface area contributed by atoms with Crippen LogP contribution in [0.2, 0.25) is 0 Å². The average molecular weight is 270 g/mol. The van der Waals surface area contributed by atoms with Gasteiger partial charge >= 0.3 is 0 Å². The summed E-state index contributed by atoms with van der Waals surface area (Å²) in [6.45, 7) is 2.15. The minimum atomic E-state index is 0. The smallest absolute Gasteiger partial charge is 0.0124 e. The predicted molar refractivity (Wildman–Crippen MR) is 77.3 cm³/mol. The number of aryl methyl sites for hydroxylation is 1. The average Bonchev–Trinajstić information content (AvgIpc) is 2.62. The fourth-order valence-electron chi connectivity index (χ4n) is 2.91. The molecule has 3 rings (SSSR count). The molecule has 1 nitrogen and oxygen atoms in total. The van der Waals surface area contributed by atoms with Crippen LogP contribution >= 0.6 is 24.2 Å². The number of halogens is 1. The molecule has 2 bridgehead atoms. The van der Waals surface area contributed by atoms with Crippen LogP contribution in [0.4, 0.5) is 0 Å². The summed E-state index contributed by atoms with van der Waals surface area (Å²) < 4.78 is 0. The summed E-state index contributed by atoms with van der Waals surface area (Å²) in [7, 11) is 0. The van der Waals surface area contributed by atoms with Gasteiger partial charge in [-0.15, -0.1) is 24.2 Å². The molecule has 0 radical (unpaired) electrons. The highest BCUT2D eigenvalue weighted by molar-refractivity contribution is 8.00. The van der Waals surface area contributed by atoms with Crippen LogP contribution < -0.4 is 5.32 Å². The zero-order chi connectivity index (χ0) is 11.0. The molecule has 0 amide bonds. The van der Waals surface area contributed by atoms with Gasteiger partial charge in [-0.1, -0.05) is 17.7 Å². The number of fused-ring (bicyclic) bond motifs is 2. The maximum Gasteiger partial charge on any atom is 0.0124 e. The van der Waals surface area contributed by atoms with Gasteiger partial charge in [0, 0.05) is 22.2 Å². The van der Waals surface area contributed by atoms with Crippen LogP contribution in [-0.4, -0.2) is 17.3 Å². The Bertz CT molecular complexity index is 353. The summed E-state index contributed by atoms with van der Waals surface area (Å²) >= 11 is 2.08. The van der Waals surface area contributed by atoms with E-state index in [1.807, 2.05) is 0 Å². The maximum absolute atomic E-state index is 3.70. The van der Waals surface area contributed by atoms with Crippen molar-refractivity contribution in [3.8, 4) is 0 Å². The molecule has 2 saturated heterocycles. The Hall–Kier alpha value is -0.180. The third kappa shape index (κ3) is 3.18. The lowest BCUT2D eigenvalue weighted by molar-refractivity contribution is 0.415. The summed E-state index contributed by atoms with van der Waals surface area (Å²) in [6.07, 6.45) is 5.51. The van der Waals surface area contributed by atoms with Gasteiger partial charge in [-0.3, -0.25) is 0 Å². The third-order valence-corrected chi connectivity index (χ3v) is 5.02. The largest absolute Gasteiger partial charge is 0.311 e. The molecule has 1 N–H and O–H groups in total. The molecule has 2 fully saturated rings. The van der Waals surface area contributed by atoms with Crippen molar-refractivity contribution in [3.05, 3.63) is 29.8 Å². The number of nitrogens with one attached hydrogen (secondary N) is 1. The second kappa shape index (κ2) is 5.64. The van der Waals surface area contributed by atoms with E-state index in [0.29, 0.717) is 0 Å². The summed E-state index contributed by atoms with van der Waals surface area (Å²) in [6, 6.07) is 10.6. The van der Waals surface area contributed by atoms with Crippen molar-refractivity contribution in [1.82, 2.24) is 5.32 Å². The molecule has 17 heavy (non-hydrogen) atoms. The maximum atomic E-state index is 3.70. The van der Waals surface area contributed by atoms with E-state index in [1.54, 1.807) is 0 Å². The minimum absolute atomic E-state index is 0. The molecular formula is C14H20ClNS. The van der Waals surface area contributed by atoms with Crippen LogP contribution in [-0.2, 0) is 0 Å². The Morgan fingerprint density at radius 1 is 1.06 bits per heavy atom. The van der Waals surface area contributed by atoms with Crippen LogP contribution in [0.5, 0.6) is 0 Å². The topological polar surface area (TPSA) is 12.0 Å². The van der Waals surface area contributed by atoms with E-state index in [1.165, 1.54) is 36.1 Å². The van der Waals surface area contributed by atoms with Crippen molar-refractivity contribution >= 4 is 24.2 Å². The molecule has 2 aliphatic heterocycles. The van der Waals surface area contributed by atoms with Crippen molar-refractivity contribution in [2.24, 2.45) is 0 Å². The first-order valence-electron chi connectivity index (χ1n) is 6.29. The van der Waals surface area contributed by atoms with Gasteiger partial charge in [0.2, 0.25) is 0 Å². The van der Waals surface area contributed by atoms with Gasteiger partial charge in [0.05, 0.1) is 0 Å². The lowest BCUT2D eigenvalue weighted by Gasteiger charge is -2.28. The van der Waals surface area contributed by atoms with Crippen molar-refractivity contribution in [2.45, 2.75) is 54.8 Å². The quantitative estimate of drug-likeness (QED) is 0.877. The second-order valence-electron chi connectivity index (χ2n) is 5.16. The fraction of sp³-hybridized carbons (Fsp3) is 0.571. The van der Waals surface area contributed by atoms with Gasteiger partial charge in [0.25, 0.3) is 0 Å². The van der Waals surface area contributed by atoms with Crippen molar-refractivity contribution in [3.63, 3.8) is 0 Å². The number of hydrogen-bond donors (Lipinski definition) is 1. The first kappa shape index (κ1) is 13.3. The van der Waals surface area contributed by atoms with Crippen LogP contribution in [0.25, 0.3) is 0 Å². The van der Waals surface area contributed by atoms with Gasteiger partial charge in [-0.05, 0) is 44.7 Å². The molecular weight excluding hydrogens is 250 g/mol. The molecule has 1 aromatic carbocycles. The summed E-state index contributed by atoms with van der Waals surface area (Å²) in [5.41, 5.74) is 1.36. The molecule has 2 atom stereocenters. The third-order valence-electron chi connectivity index (χ3n) is 3.75. The van der Waals surface area contributed by atoms with Gasteiger partial charge in [-0.25, -0.2) is 0 Å².